The molecule has 0 aliphatic heterocycles. The zero-order chi connectivity index (χ0) is 55.7. The Labute approximate surface area is 477 Å². The number of hydrogen-bond donors (Lipinski definition) is 0. The first kappa shape index (κ1) is 73.3. The molecule has 0 radical (unpaired) electrons. The second kappa shape index (κ2) is 64.9. The summed E-state index contributed by atoms with van der Waals surface area (Å²) in [5, 5.41) is 0. The molecule has 0 aromatic carbocycles. The minimum absolute atomic E-state index is 0.0989. The number of carbonyl (C=O) groups excluding carboxylic acids is 3. The van der Waals surface area contributed by atoms with E-state index in [1.807, 2.05) is 0 Å². The van der Waals surface area contributed by atoms with Crippen LogP contribution in [0.25, 0.3) is 0 Å². The summed E-state index contributed by atoms with van der Waals surface area (Å²) < 4.78 is 16.7. The average Bonchev–Trinajstić information content (AvgIpc) is 3.43. The number of carbonyl (C=O) groups is 3. The summed E-state index contributed by atoms with van der Waals surface area (Å²) in [5.74, 6) is -0.966. The van der Waals surface area contributed by atoms with E-state index in [4.69, 9.17) is 14.2 Å². The van der Waals surface area contributed by atoms with Crippen LogP contribution in [0.15, 0.2) is 97.2 Å². The lowest BCUT2D eigenvalue weighted by molar-refractivity contribution is -0.167. The van der Waals surface area contributed by atoms with Gasteiger partial charge < -0.3 is 14.2 Å². The van der Waals surface area contributed by atoms with Crippen LogP contribution in [0, 0.1) is 0 Å². The van der Waals surface area contributed by atoms with Crippen molar-refractivity contribution >= 4 is 17.9 Å². The van der Waals surface area contributed by atoms with E-state index in [0.29, 0.717) is 19.3 Å². The maximum Gasteiger partial charge on any atom is 0.306 e. The predicted molar refractivity (Wildman–Crippen MR) is 334 cm³/mol. The summed E-state index contributed by atoms with van der Waals surface area (Å²) in [5.41, 5.74) is 0. The van der Waals surface area contributed by atoms with Gasteiger partial charge in [0.1, 0.15) is 13.2 Å². The van der Waals surface area contributed by atoms with Gasteiger partial charge in [0, 0.05) is 19.3 Å². The van der Waals surface area contributed by atoms with Gasteiger partial charge in [-0.25, -0.2) is 0 Å². The highest BCUT2D eigenvalue weighted by Crippen LogP contribution is 2.17. The van der Waals surface area contributed by atoms with Crippen molar-refractivity contribution in [2.75, 3.05) is 13.2 Å². The molecule has 0 N–H and O–H groups in total. The first-order chi connectivity index (χ1) is 38.0. The number of unbranched alkanes of at least 4 members (excludes halogenated alkanes) is 32. The molecule has 442 valence electrons. The molecule has 0 rings (SSSR count). The van der Waals surface area contributed by atoms with Crippen molar-refractivity contribution in [3.8, 4) is 0 Å². The second-order valence-corrected chi connectivity index (χ2v) is 21.6. The number of rotatable bonds is 59. The Balaban J connectivity index is 4.05. The lowest BCUT2D eigenvalue weighted by Gasteiger charge is -2.18. The smallest absolute Gasteiger partial charge is 0.306 e. The number of esters is 3. The molecule has 77 heavy (non-hydrogen) atoms. The van der Waals surface area contributed by atoms with E-state index < -0.39 is 6.10 Å². The fourth-order valence-electron chi connectivity index (χ4n) is 9.19. The summed E-state index contributed by atoms with van der Waals surface area (Å²) in [6.45, 7) is 6.42. The third-order valence-electron chi connectivity index (χ3n) is 14.1. The summed E-state index contributed by atoms with van der Waals surface area (Å²) in [7, 11) is 0. The molecular weight excluding hydrogens is 949 g/mol. The molecular formula is C71H122O6. The van der Waals surface area contributed by atoms with Crippen LogP contribution in [0.1, 0.15) is 316 Å². The van der Waals surface area contributed by atoms with Crippen molar-refractivity contribution in [3.05, 3.63) is 97.2 Å². The van der Waals surface area contributed by atoms with Crippen LogP contribution in [0.5, 0.6) is 0 Å². The van der Waals surface area contributed by atoms with Crippen LogP contribution in [-0.2, 0) is 28.6 Å². The molecule has 0 amide bonds. The van der Waals surface area contributed by atoms with E-state index in [0.717, 1.165) is 103 Å². The van der Waals surface area contributed by atoms with Crippen LogP contribution in [0.4, 0.5) is 0 Å². The normalized spacial score (nSPS) is 12.7. The van der Waals surface area contributed by atoms with Gasteiger partial charge in [0.15, 0.2) is 6.10 Å². The molecule has 0 aromatic rings. The van der Waals surface area contributed by atoms with E-state index >= 15 is 0 Å². The molecule has 0 aliphatic rings. The monoisotopic (exact) mass is 1070 g/mol. The van der Waals surface area contributed by atoms with E-state index in [-0.39, 0.29) is 37.5 Å². The van der Waals surface area contributed by atoms with Crippen molar-refractivity contribution in [1.82, 2.24) is 0 Å². The number of ether oxygens (including phenoxy) is 3. The van der Waals surface area contributed by atoms with Gasteiger partial charge in [-0.15, -0.1) is 0 Å². The summed E-state index contributed by atoms with van der Waals surface area (Å²) >= 11 is 0. The highest BCUT2D eigenvalue weighted by atomic mass is 16.6. The Morgan fingerprint density at radius 3 is 0.844 bits per heavy atom. The van der Waals surface area contributed by atoms with Gasteiger partial charge >= 0.3 is 17.9 Å². The van der Waals surface area contributed by atoms with Crippen LogP contribution >= 0.6 is 0 Å². The molecule has 6 heteroatoms. The van der Waals surface area contributed by atoms with Crippen molar-refractivity contribution in [3.63, 3.8) is 0 Å². The molecule has 0 heterocycles. The third kappa shape index (κ3) is 63.0. The molecule has 0 saturated carbocycles. The van der Waals surface area contributed by atoms with E-state index in [1.165, 1.54) is 167 Å². The lowest BCUT2D eigenvalue weighted by Crippen LogP contribution is -2.30. The number of allylic oxidation sites excluding steroid dienone is 16. The van der Waals surface area contributed by atoms with Gasteiger partial charge in [0.05, 0.1) is 0 Å². The highest BCUT2D eigenvalue weighted by Gasteiger charge is 2.19. The van der Waals surface area contributed by atoms with Gasteiger partial charge in [-0.3, -0.25) is 14.4 Å². The first-order valence-corrected chi connectivity index (χ1v) is 32.7. The molecule has 0 bridgehead atoms. The Morgan fingerprint density at radius 2 is 0.519 bits per heavy atom. The largest absolute Gasteiger partial charge is 0.462 e. The third-order valence-corrected chi connectivity index (χ3v) is 14.1. The minimum atomic E-state index is -0.805. The zero-order valence-corrected chi connectivity index (χ0v) is 50.7. The molecule has 0 aromatic heterocycles. The fraction of sp³-hybridized carbons (Fsp3) is 0.732. The summed E-state index contributed by atoms with van der Waals surface area (Å²) in [6, 6.07) is 0. The van der Waals surface area contributed by atoms with Crippen LogP contribution in [0.3, 0.4) is 0 Å². The molecule has 1 unspecified atom stereocenters. The maximum atomic E-state index is 12.8. The zero-order valence-electron chi connectivity index (χ0n) is 50.7. The lowest BCUT2D eigenvalue weighted by atomic mass is 10.0. The minimum Gasteiger partial charge on any atom is -0.462 e. The molecule has 1 atom stereocenters. The highest BCUT2D eigenvalue weighted by molar-refractivity contribution is 5.71. The fourth-order valence-corrected chi connectivity index (χ4v) is 9.19. The quantitative estimate of drug-likeness (QED) is 0.0261. The molecule has 0 spiro atoms. The van der Waals surface area contributed by atoms with Crippen molar-refractivity contribution in [2.45, 2.75) is 322 Å². The predicted octanol–water partition coefficient (Wildman–Crippen LogP) is 22.4. The van der Waals surface area contributed by atoms with Gasteiger partial charge in [-0.05, 0) is 96.3 Å². The average molecular weight is 1070 g/mol. The van der Waals surface area contributed by atoms with Crippen molar-refractivity contribution in [1.29, 1.82) is 0 Å². The molecule has 6 nitrogen and oxygen atoms in total. The first-order valence-electron chi connectivity index (χ1n) is 32.7. The second-order valence-electron chi connectivity index (χ2n) is 21.6. The number of hydrogen-bond acceptors (Lipinski definition) is 6. The van der Waals surface area contributed by atoms with E-state index in [9.17, 15) is 14.4 Å². The Bertz CT molecular complexity index is 1510. The SMILES string of the molecule is CC/C=C\C/C=C\C/C=C\C/C=C\C/C=C\C/C=C\C/C=C\CCCC(=O)OC(COC(=O)CCCCCCC)COC(=O)CCCCCCCCCCCCCCCCCCCCC/C=C\CCCCCCCCCC. The van der Waals surface area contributed by atoms with Gasteiger partial charge in [0.25, 0.3) is 0 Å². The van der Waals surface area contributed by atoms with E-state index in [2.05, 4.69) is 118 Å². The van der Waals surface area contributed by atoms with Crippen molar-refractivity contribution in [2.24, 2.45) is 0 Å². The van der Waals surface area contributed by atoms with Gasteiger partial charge in [-0.2, -0.15) is 0 Å². The molecule has 0 aliphatic carbocycles. The van der Waals surface area contributed by atoms with Gasteiger partial charge in [0.2, 0.25) is 0 Å². The van der Waals surface area contributed by atoms with Crippen LogP contribution in [0.2, 0.25) is 0 Å². The van der Waals surface area contributed by atoms with E-state index in [1.54, 1.807) is 0 Å². The van der Waals surface area contributed by atoms with Crippen molar-refractivity contribution < 1.29 is 28.6 Å². The maximum absolute atomic E-state index is 12.8. The summed E-state index contributed by atoms with van der Waals surface area (Å²) in [6.07, 6.45) is 87.8. The molecule has 0 saturated heterocycles. The summed E-state index contributed by atoms with van der Waals surface area (Å²) in [4.78, 5) is 37.9. The Morgan fingerprint density at radius 1 is 0.273 bits per heavy atom. The van der Waals surface area contributed by atoms with Gasteiger partial charge in [-0.1, -0.05) is 298 Å². The molecule has 0 fully saturated rings. The van der Waals surface area contributed by atoms with Crippen LogP contribution < -0.4 is 0 Å². The standard InChI is InChI=1S/C71H122O6/c1-4-7-10-13-15-17-19-21-23-25-27-29-31-32-33-34-35-36-37-38-40-41-43-45-47-49-51-53-55-58-61-64-70(73)76-67-68(66-75-69(72)63-60-57-12-9-6-3)77-71(74)65-62-59-56-54-52-50-48-46-44-42-39-30-28-26-24-22-20-18-16-14-11-8-5-2/h8,11,16,18,22,24-25,27-28,30,42,44,48,50,54,56,68H,4-7,9-10,12-15,17,19-21,23,26,29,31-41,43,45-47,49,51-53,55,57-67H2,1-3H3/b11-8-,18-16-,24-22-,27-25-,30-28-,44-42-,50-48-,56-54-. The topological polar surface area (TPSA) is 78.9 Å². The Kier molecular flexibility index (Phi) is 61.8. The Hall–Kier alpha value is -3.67. The van der Waals surface area contributed by atoms with Crippen LogP contribution in [-0.4, -0.2) is 37.2 Å².